The van der Waals surface area contributed by atoms with Crippen LogP contribution in [0, 0.1) is 6.92 Å². The lowest BCUT2D eigenvalue weighted by atomic mass is 10.0. The fraction of sp³-hybridized carbons (Fsp3) is 0.217. The van der Waals surface area contributed by atoms with Gasteiger partial charge in [0.05, 0.1) is 12.3 Å². The molecule has 0 spiro atoms. The van der Waals surface area contributed by atoms with Crippen LogP contribution < -0.4 is 14.9 Å². The Balaban J connectivity index is 1.89. The van der Waals surface area contributed by atoms with Crippen molar-refractivity contribution in [2.24, 2.45) is 0 Å². The standard InChI is InChI=1S/C23H21NO6/c1-14-10-16-18-11-19(25)17(23(26)27)13-24(18)22(15-6-4-3-5-7-15)30-21(16)12-20(14)29-9-8-28-2/h3-7,10-13,22H,8-9H2,1-2H3,(H,26,27). The van der Waals surface area contributed by atoms with Gasteiger partial charge in [-0.25, -0.2) is 4.79 Å². The van der Waals surface area contributed by atoms with Gasteiger partial charge in [0.15, 0.2) is 5.43 Å². The van der Waals surface area contributed by atoms with E-state index in [1.54, 1.807) is 17.7 Å². The minimum Gasteiger partial charge on any atom is -0.491 e. The maximum Gasteiger partial charge on any atom is 0.341 e. The number of aromatic carboxylic acids is 1. The number of methoxy groups -OCH3 is 1. The lowest BCUT2D eigenvalue weighted by Crippen LogP contribution is -2.27. The summed E-state index contributed by atoms with van der Waals surface area (Å²) in [5, 5.41) is 9.42. The van der Waals surface area contributed by atoms with Crippen molar-refractivity contribution in [1.82, 2.24) is 4.57 Å². The number of fused-ring (bicyclic) bond motifs is 3. The fourth-order valence-corrected chi connectivity index (χ4v) is 3.50. The second-order valence-electron chi connectivity index (χ2n) is 6.99. The Hall–Kier alpha value is -3.58. The van der Waals surface area contributed by atoms with Crippen LogP contribution >= 0.6 is 0 Å². The average Bonchev–Trinajstić information content (AvgIpc) is 2.74. The molecule has 0 saturated carbocycles. The third-order valence-corrected chi connectivity index (χ3v) is 4.98. The number of carboxylic acids is 1. The number of carbonyl (C=O) groups is 1. The normalized spacial score (nSPS) is 14.4. The average molecular weight is 407 g/mol. The van der Waals surface area contributed by atoms with Gasteiger partial charge < -0.3 is 23.9 Å². The van der Waals surface area contributed by atoms with E-state index in [0.717, 1.165) is 11.1 Å². The molecule has 3 aromatic rings. The van der Waals surface area contributed by atoms with Crippen molar-refractivity contribution < 1.29 is 24.1 Å². The van der Waals surface area contributed by atoms with Crippen LogP contribution in [-0.4, -0.2) is 36.0 Å². The summed E-state index contributed by atoms with van der Waals surface area (Å²) in [5.41, 5.74) is 2.13. The molecule has 0 amide bonds. The second kappa shape index (κ2) is 8.04. The predicted molar refractivity (Wildman–Crippen MR) is 110 cm³/mol. The van der Waals surface area contributed by atoms with Crippen molar-refractivity contribution in [2.75, 3.05) is 20.3 Å². The molecule has 0 bridgehead atoms. The molecular formula is C23H21NO6. The fourth-order valence-electron chi connectivity index (χ4n) is 3.50. The molecule has 1 unspecified atom stereocenters. The summed E-state index contributed by atoms with van der Waals surface area (Å²) in [7, 11) is 1.61. The van der Waals surface area contributed by atoms with Crippen molar-refractivity contribution in [3.63, 3.8) is 0 Å². The molecule has 1 aliphatic heterocycles. The predicted octanol–water partition coefficient (Wildman–Crippen LogP) is 3.49. The van der Waals surface area contributed by atoms with Gasteiger partial charge in [-0.1, -0.05) is 30.3 Å². The first kappa shape index (κ1) is 19.7. The first-order chi connectivity index (χ1) is 14.5. The van der Waals surface area contributed by atoms with Crippen molar-refractivity contribution >= 4 is 5.97 Å². The third kappa shape index (κ3) is 3.55. The molecule has 0 saturated heterocycles. The van der Waals surface area contributed by atoms with Gasteiger partial charge in [0, 0.05) is 36.6 Å². The van der Waals surface area contributed by atoms with Gasteiger partial charge in [-0.15, -0.1) is 0 Å². The molecule has 30 heavy (non-hydrogen) atoms. The molecule has 2 aromatic carbocycles. The number of pyridine rings is 1. The topological polar surface area (TPSA) is 87.0 Å². The van der Waals surface area contributed by atoms with Crippen molar-refractivity contribution in [3.8, 4) is 22.8 Å². The number of ether oxygens (including phenoxy) is 3. The second-order valence-corrected chi connectivity index (χ2v) is 6.99. The molecule has 0 fully saturated rings. The molecule has 2 heterocycles. The quantitative estimate of drug-likeness (QED) is 0.630. The summed E-state index contributed by atoms with van der Waals surface area (Å²) in [6.07, 6.45) is 0.723. The Morgan fingerprint density at radius 1 is 1.17 bits per heavy atom. The van der Waals surface area contributed by atoms with Crippen LogP contribution in [0.15, 0.2) is 59.5 Å². The van der Waals surface area contributed by atoms with Crippen LogP contribution in [-0.2, 0) is 4.74 Å². The van der Waals surface area contributed by atoms with E-state index in [-0.39, 0.29) is 5.56 Å². The number of rotatable bonds is 6. The Morgan fingerprint density at radius 2 is 1.93 bits per heavy atom. The molecule has 1 aliphatic rings. The smallest absolute Gasteiger partial charge is 0.341 e. The van der Waals surface area contributed by atoms with E-state index in [0.29, 0.717) is 36.0 Å². The van der Waals surface area contributed by atoms with Gasteiger partial charge >= 0.3 is 5.97 Å². The van der Waals surface area contributed by atoms with Gasteiger partial charge in [0.1, 0.15) is 23.7 Å². The van der Waals surface area contributed by atoms with E-state index in [4.69, 9.17) is 14.2 Å². The molecule has 1 atom stereocenters. The first-order valence-electron chi connectivity index (χ1n) is 9.47. The number of carboxylic acid groups (broad SMARTS) is 1. The van der Waals surface area contributed by atoms with Crippen LogP contribution in [0.4, 0.5) is 0 Å². The van der Waals surface area contributed by atoms with Crippen LogP contribution in [0.3, 0.4) is 0 Å². The maximum absolute atomic E-state index is 12.4. The molecule has 1 N–H and O–H groups in total. The van der Waals surface area contributed by atoms with E-state index in [2.05, 4.69) is 0 Å². The van der Waals surface area contributed by atoms with Crippen LogP contribution in [0.5, 0.6) is 11.5 Å². The van der Waals surface area contributed by atoms with Crippen molar-refractivity contribution in [1.29, 1.82) is 0 Å². The zero-order valence-corrected chi connectivity index (χ0v) is 16.6. The van der Waals surface area contributed by atoms with E-state index < -0.39 is 17.6 Å². The summed E-state index contributed by atoms with van der Waals surface area (Å²) < 4.78 is 18.8. The molecular weight excluding hydrogens is 386 g/mol. The highest BCUT2D eigenvalue weighted by Gasteiger charge is 2.29. The molecule has 0 aliphatic carbocycles. The number of aryl methyl sites for hydroxylation is 1. The number of benzene rings is 2. The summed E-state index contributed by atoms with van der Waals surface area (Å²) in [4.78, 5) is 24.0. The van der Waals surface area contributed by atoms with Crippen LogP contribution in [0.1, 0.15) is 27.7 Å². The van der Waals surface area contributed by atoms with Crippen molar-refractivity contribution in [3.05, 3.63) is 81.6 Å². The Bertz CT molecular complexity index is 1150. The maximum atomic E-state index is 12.4. The summed E-state index contributed by atoms with van der Waals surface area (Å²) >= 11 is 0. The molecule has 7 nitrogen and oxygen atoms in total. The Labute approximate surface area is 173 Å². The highest BCUT2D eigenvalue weighted by Crippen LogP contribution is 2.43. The first-order valence-corrected chi connectivity index (χ1v) is 9.47. The van der Waals surface area contributed by atoms with Gasteiger partial charge in [-0.05, 0) is 18.6 Å². The number of hydrogen-bond donors (Lipinski definition) is 1. The minimum atomic E-state index is -1.27. The van der Waals surface area contributed by atoms with Gasteiger partial charge in [0.25, 0.3) is 0 Å². The largest absolute Gasteiger partial charge is 0.491 e. The summed E-state index contributed by atoms with van der Waals surface area (Å²) in [6.45, 7) is 2.76. The van der Waals surface area contributed by atoms with Crippen LogP contribution in [0.25, 0.3) is 11.3 Å². The minimum absolute atomic E-state index is 0.303. The van der Waals surface area contributed by atoms with E-state index >= 15 is 0 Å². The lowest BCUT2D eigenvalue weighted by Gasteiger charge is -2.32. The molecule has 4 rings (SSSR count). The Morgan fingerprint density at radius 3 is 2.63 bits per heavy atom. The van der Waals surface area contributed by atoms with E-state index in [9.17, 15) is 14.7 Å². The number of nitrogens with zero attached hydrogens (tertiary/aromatic N) is 1. The van der Waals surface area contributed by atoms with E-state index in [1.807, 2.05) is 43.3 Å². The lowest BCUT2D eigenvalue weighted by molar-refractivity contribution is 0.0693. The van der Waals surface area contributed by atoms with Crippen LogP contribution in [0.2, 0.25) is 0 Å². The SMILES string of the molecule is COCCOc1cc2c(cc1C)-c1cc(=O)c(C(=O)O)cn1C(c1ccccc1)O2. The number of aromatic nitrogens is 1. The zero-order valence-electron chi connectivity index (χ0n) is 16.6. The Kier molecular flexibility index (Phi) is 5.29. The van der Waals surface area contributed by atoms with Gasteiger partial charge in [0.2, 0.25) is 6.23 Å². The van der Waals surface area contributed by atoms with E-state index in [1.165, 1.54) is 12.3 Å². The zero-order chi connectivity index (χ0) is 21.3. The summed E-state index contributed by atoms with van der Waals surface area (Å²) in [6, 6.07) is 14.5. The molecule has 7 heteroatoms. The molecule has 0 radical (unpaired) electrons. The highest BCUT2D eigenvalue weighted by atomic mass is 16.5. The van der Waals surface area contributed by atoms with Gasteiger partial charge in [-0.3, -0.25) is 4.79 Å². The number of hydrogen-bond acceptors (Lipinski definition) is 5. The third-order valence-electron chi connectivity index (χ3n) is 4.98. The van der Waals surface area contributed by atoms with Crippen molar-refractivity contribution in [2.45, 2.75) is 13.2 Å². The molecule has 1 aromatic heterocycles. The monoisotopic (exact) mass is 407 g/mol. The summed E-state index contributed by atoms with van der Waals surface area (Å²) in [5.74, 6) is -0.0501. The highest BCUT2D eigenvalue weighted by molar-refractivity contribution is 5.88. The van der Waals surface area contributed by atoms with Gasteiger partial charge in [-0.2, -0.15) is 0 Å². The molecule has 154 valence electrons.